The molecule has 1 aromatic heterocycles. The molecular formula is C9H8BrN3. The summed E-state index contributed by atoms with van der Waals surface area (Å²) in [4.78, 5) is 8.57. The van der Waals surface area contributed by atoms with Crippen molar-refractivity contribution in [3.8, 4) is 0 Å². The third-order valence-corrected chi connectivity index (χ3v) is 2.26. The maximum Gasteiger partial charge on any atom is 0.0898 e. The summed E-state index contributed by atoms with van der Waals surface area (Å²) in [7, 11) is 0. The zero-order valence-electron chi connectivity index (χ0n) is 6.87. The summed E-state index contributed by atoms with van der Waals surface area (Å²) in [5, 5.41) is 0. The normalized spacial score (nSPS) is 10.6. The average molecular weight is 238 g/mol. The minimum atomic E-state index is 0.430. The Morgan fingerprint density at radius 3 is 2.92 bits per heavy atom. The molecule has 4 heteroatoms. The first-order chi connectivity index (χ1) is 6.29. The molecule has 1 heterocycles. The molecule has 0 aliphatic heterocycles. The lowest BCUT2D eigenvalue weighted by molar-refractivity contribution is 0.987. The van der Waals surface area contributed by atoms with E-state index in [0.717, 1.165) is 21.2 Å². The van der Waals surface area contributed by atoms with Gasteiger partial charge in [-0.2, -0.15) is 0 Å². The van der Waals surface area contributed by atoms with E-state index in [-0.39, 0.29) is 0 Å². The number of hydrogen-bond donors (Lipinski definition) is 1. The van der Waals surface area contributed by atoms with Gasteiger partial charge in [-0.3, -0.25) is 4.98 Å². The number of hydrogen-bond acceptors (Lipinski definition) is 3. The molecule has 0 radical (unpaired) electrons. The maximum absolute atomic E-state index is 5.46. The van der Waals surface area contributed by atoms with Crippen molar-refractivity contribution >= 4 is 27.0 Å². The molecule has 66 valence electrons. The third kappa shape index (κ3) is 1.68. The van der Waals surface area contributed by atoms with Crippen LogP contribution in [0.5, 0.6) is 0 Å². The van der Waals surface area contributed by atoms with E-state index in [2.05, 4.69) is 25.9 Å². The lowest BCUT2D eigenvalue weighted by atomic mass is 10.3. The summed E-state index contributed by atoms with van der Waals surface area (Å²) in [6.45, 7) is 0.430. The number of aromatic nitrogens is 2. The van der Waals surface area contributed by atoms with Crippen LogP contribution in [-0.4, -0.2) is 9.97 Å². The van der Waals surface area contributed by atoms with E-state index in [0.29, 0.717) is 6.54 Å². The lowest BCUT2D eigenvalue weighted by Crippen LogP contribution is -2.00. The van der Waals surface area contributed by atoms with Gasteiger partial charge in [0.1, 0.15) is 0 Å². The molecule has 0 amide bonds. The van der Waals surface area contributed by atoms with Crippen LogP contribution >= 0.6 is 15.9 Å². The smallest absolute Gasteiger partial charge is 0.0898 e. The molecule has 1 aromatic carbocycles. The first-order valence-corrected chi connectivity index (χ1v) is 4.70. The number of nitrogens with zero attached hydrogens (tertiary/aromatic N) is 2. The highest BCUT2D eigenvalue weighted by molar-refractivity contribution is 9.10. The van der Waals surface area contributed by atoms with Crippen LogP contribution in [0, 0.1) is 0 Å². The monoisotopic (exact) mass is 237 g/mol. The summed E-state index contributed by atoms with van der Waals surface area (Å²) >= 11 is 3.38. The van der Waals surface area contributed by atoms with Gasteiger partial charge >= 0.3 is 0 Å². The van der Waals surface area contributed by atoms with Crippen molar-refractivity contribution in [1.29, 1.82) is 0 Å². The van der Waals surface area contributed by atoms with E-state index >= 15 is 0 Å². The van der Waals surface area contributed by atoms with Crippen LogP contribution in [0.2, 0.25) is 0 Å². The van der Waals surface area contributed by atoms with E-state index < -0.39 is 0 Å². The highest BCUT2D eigenvalue weighted by Crippen LogP contribution is 2.16. The third-order valence-electron chi connectivity index (χ3n) is 1.76. The van der Waals surface area contributed by atoms with Crippen LogP contribution in [0.4, 0.5) is 0 Å². The van der Waals surface area contributed by atoms with Gasteiger partial charge in [0.25, 0.3) is 0 Å². The first kappa shape index (κ1) is 8.59. The maximum atomic E-state index is 5.46. The van der Waals surface area contributed by atoms with Crippen molar-refractivity contribution in [3.63, 3.8) is 0 Å². The van der Waals surface area contributed by atoms with Gasteiger partial charge in [0.05, 0.1) is 22.9 Å². The number of halogens is 1. The SMILES string of the molecule is NCc1cnc2cc(Br)ccc2n1. The molecule has 0 aliphatic carbocycles. The highest BCUT2D eigenvalue weighted by Gasteiger charge is 1.98. The van der Waals surface area contributed by atoms with Crippen LogP contribution in [0.25, 0.3) is 11.0 Å². The van der Waals surface area contributed by atoms with Gasteiger partial charge in [-0.25, -0.2) is 4.98 Å². The average Bonchev–Trinajstić information content (AvgIpc) is 2.17. The summed E-state index contributed by atoms with van der Waals surface area (Å²) < 4.78 is 1.01. The number of rotatable bonds is 1. The van der Waals surface area contributed by atoms with Gasteiger partial charge in [0.15, 0.2) is 0 Å². The van der Waals surface area contributed by atoms with Crippen molar-refractivity contribution < 1.29 is 0 Å². The molecule has 2 aromatic rings. The van der Waals surface area contributed by atoms with Gasteiger partial charge in [0, 0.05) is 11.0 Å². The summed E-state index contributed by atoms with van der Waals surface area (Å²) in [5.41, 5.74) is 8.04. The van der Waals surface area contributed by atoms with Crippen molar-refractivity contribution in [2.24, 2.45) is 5.73 Å². The van der Waals surface area contributed by atoms with Crippen LogP contribution < -0.4 is 5.73 Å². The molecule has 0 spiro atoms. The summed E-state index contributed by atoms with van der Waals surface area (Å²) in [5.74, 6) is 0. The minimum Gasteiger partial charge on any atom is -0.325 e. The molecule has 0 saturated carbocycles. The first-order valence-electron chi connectivity index (χ1n) is 3.91. The fourth-order valence-electron chi connectivity index (χ4n) is 1.12. The molecule has 0 bridgehead atoms. The lowest BCUT2D eigenvalue weighted by Gasteiger charge is -1.99. The zero-order chi connectivity index (χ0) is 9.26. The Hall–Kier alpha value is -1.00. The standard InChI is InChI=1S/C9H8BrN3/c10-6-1-2-8-9(3-6)12-5-7(4-11)13-8/h1-3,5H,4,11H2. The fourth-order valence-corrected chi connectivity index (χ4v) is 1.47. The van der Waals surface area contributed by atoms with Gasteiger partial charge in [-0.1, -0.05) is 15.9 Å². The van der Waals surface area contributed by atoms with Crippen molar-refractivity contribution in [2.45, 2.75) is 6.54 Å². The zero-order valence-corrected chi connectivity index (χ0v) is 8.45. The van der Waals surface area contributed by atoms with Crippen molar-refractivity contribution in [2.75, 3.05) is 0 Å². The minimum absolute atomic E-state index is 0.430. The Labute approximate surface area is 84.1 Å². The molecular weight excluding hydrogens is 230 g/mol. The number of nitrogens with two attached hydrogens (primary N) is 1. The molecule has 0 aliphatic rings. The molecule has 13 heavy (non-hydrogen) atoms. The second-order valence-corrected chi connectivity index (χ2v) is 3.61. The van der Waals surface area contributed by atoms with Crippen LogP contribution in [0.3, 0.4) is 0 Å². The van der Waals surface area contributed by atoms with Gasteiger partial charge in [-0.05, 0) is 18.2 Å². The quantitative estimate of drug-likeness (QED) is 0.824. The van der Waals surface area contributed by atoms with E-state index in [1.165, 1.54) is 0 Å². The molecule has 2 rings (SSSR count). The predicted octanol–water partition coefficient (Wildman–Crippen LogP) is 1.85. The molecule has 2 N–H and O–H groups in total. The Kier molecular flexibility index (Phi) is 2.24. The Bertz CT molecular complexity index is 442. The largest absolute Gasteiger partial charge is 0.325 e. The number of fused-ring (bicyclic) bond motifs is 1. The van der Waals surface area contributed by atoms with E-state index in [9.17, 15) is 0 Å². The summed E-state index contributed by atoms with van der Waals surface area (Å²) in [6, 6.07) is 5.80. The van der Waals surface area contributed by atoms with E-state index in [4.69, 9.17) is 5.73 Å². The Morgan fingerprint density at radius 1 is 1.31 bits per heavy atom. The molecule has 0 unspecified atom stereocenters. The van der Waals surface area contributed by atoms with Gasteiger partial charge < -0.3 is 5.73 Å². The summed E-state index contributed by atoms with van der Waals surface area (Å²) in [6.07, 6.45) is 1.70. The molecule has 0 atom stereocenters. The molecule has 3 nitrogen and oxygen atoms in total. The van der Waals surface area contributed by atoms with Gasteiger partial charge in [-0.15, -0.1) is 0 Å². The van der Waals surface area contributed by atoms with Crippen LogP contribution in [0.1, 0.15) is 5.69 Å². The highest BCUT2D eigenvalue weighted by atomic mass is 79.9. The Morgan fingerprint density at radius 2 is 2.15 bits per heavy atom. The molecule has 0 saturated heterocycles. The Balaban J connectivity index is 2.66. The van der Waals surface area contributed by atoms with Gasteiger partial charge in [0.2, 0.25) is 0 Å². The van der Waals surface area contributed by atoms with E-state index in [1.807, 2.05) is 18.2 Å². The van der Waals surface area contributed by atoms with Crippen LogP contribution in [0.15, 0.2) is 28.9 Å². The van der Waals surface area contributed by atoms with E-state index in [1.54, 1.807) is 6.20 Å². The van der Waals surface area contributed by atoms with Crippen LogP contribution in [-0.2, 0) is 6.54 Å². The van der Waals surface area contributed by atoms with Crippen molar-refractivity contribution in [1.82, 2.24) is 9.97 Å². The number of benzene rings is 1. The molecule has 0 fully saturated rings. The second kappa shape index (κ2) is 3.40. The predicted molar refractivity (Wildman–Crippen MR) is 55.1 cm³/mol. The topological polar surface area (TPSA) is 51.8 Å². The second-order valence-electron chi connectivity index (χ2n) is 2.70. The fraction of sp³-hybridized carbons (Fsp3) is 0.111. The van der Waals surface area contributed by atoms with Crippen molar-refractivity contribution in [3.05, 3.63) is 34.6 Å².